The molecular formula is C21H30N6O3. The van der Waals surface area contributed by atoms with Crippen LogP contribution < -0.4 is 10.6 Å². The van der Waals surface area contributed by atoms with E-state index in [0.717, 1.165) is 11.4 Å². The number of carbonyl (C=O) groups is 2. The van der Waals surface area contributed by atoms with Crippen molar-refractivity contribution in [2.45, 2.75) is 58.5 Å². The number of amides is 2. The van der Waals surface area contributed by atoms with Crippen molar-refractivity contribution < 1.29 is 14.1 Å². The summed E-state index contributed by atoms with van der Waals surface area (Å²) in [5.41, 5.74) is 2.73. The van der Waals surface area contributed by atoms with Crippen LogP contribution in [0.25, 0.3) is 0 Å². The Kier molecular flexibility index (Phi) is 5.40. The lowest BCUT2D eigenvalue weighted by atomic mass is 9.78. The fraction of sp³-hybridized carbons (Fsp3) is 0.619. The Morgan fingerprint density at radius 2 is 2.07 bits per heavy atom. The summed E-state index contributed by atoms with van der Waals surface area (Å²) in [5, 5.41) is 10.5. The van der Waals surface area contributed by atoms with Crippen LogP contribution in [0.3, 0.4) is 0 Å². The molecule has 0 aliphatic carbocycles. The van der Waals surface area contributed by atoms with E-state index >= 15 is 0 Å². The van der Waals surface area contributed by atoms with Crippen molar-refractivity contribution in [3.05, 3.63) is 34.7 Å². The first kappa shape index (κ1) is 20.6. The summed E-state index contributed by atoms with van der Waals surface area (Å²) < 4.78 is 5.16. The number of hydrogen-bond acceptors (Lipinski definition) is 6. The number of nitrogens with one attached hydrogen (secondary N) is 3. The summed E-state index contributed by atoms with van der Waals surface area (Å²) in [6.07, 6.45) is 3.66. The third-order valence-electron chi connectivity index (χ3n) is 6.18. The molecule has 0 radical (unpaired) electrons. The number of likely N-dealkylation sites (tertiary alicyclic amines) is 1. The molecule has 3 N–H and O–H groups in total. The highest BCUT2D eigenvalue weighted by atomic mass is 16.5. The number of aromatic nitrogens is 3. The number of rotatable bonds is 4. The van der Waals surface area contributed by atoms with Gasteiger partial charge < -0.3 is 19.7 Å². The molecule has 1 atom stereocenters. The van der Waals surface area contributed by atoms with Gasteiger partial charge in [0, 0.05) is 31.7 Å². The molecule has 2 aromatic heterocycles. The first-order valence-corrected chi connectivity index (χ1v) is 10.6. The second-order valence-corrected chi connectivity index (χ2v) is 8.84. The van der Waals surface area contributed by atoms with Crippen molar-refractivity contribution in [3.8, 4) is 0 Å². The topological polar surface area (TPSA) is 116 Å². The maximum Gasteiger partial charge on any atom is 0.259 e. The lowest BCUT2D eigenvalue weighted by molar-refractivity contribution is -0.124. The normalized spacial score (nSPS) is 20.4. The molecule has 30 heavy (non-hydrogen) atoms. The van der Waals surface area contributed by atoms with E-state index in [1.54, 1.807) is 20.2 Å². The van der Waals surface area contributed by atoms with E-state index in [1.807, 2.05) is 4.90 Å². The Morgan fingerprint density at radius 3 is 2.70 bits per heavy atom. The van der Waals surface area contributed by atoms with Crippen molar-refractivity contribution in [1.82, 2.24) is 30.7 Å². The molecule has 1 fully saturated rings. The van der Waals surface area contributed by atoms with Gasteiger partial charge in [0.15, 0.2) is 0 Å². The number of imidazole rings is 1. The Hall–Kier alpha value is -2.68. The van der Waals surface area contributed by atoms with E-state index in [2.05, 4.69) is 39.6 Å². The smallest absolute Gasteiger partial charge is 0.259 e. The number of H-pyrrole nitrogens is 1. The Morgan fingerprint density at radius 1 is 1.33 bits per heavy atom. The summed E-state index contributed by atoms with van der Waals surface area (Å²) >= 11 is 0. The number of nitrogens with zero attached hydrogens (tertiary/aromatic N) is 3. The fourth-order valence-corrected chi connectivity index (χ4v) is 4.55. The van der Waals surface area contributed by atoms with Gasteiger partial charge in [-0.3, -0.25) is 14.9 Å². The Bertz CT molecular complexity index is 919. The lowest BCUT2D eigenvalue weighted by Gasteiger charge is -2.46. The van der Waals surface area contributed by atoms with E-state index < -0.39 is 5.54 Å². The minimum atomic E-state index is -0.414. The van der Waals surface area contributed by atoms with Crippen LogP contribution in [0.5, 0.6) is 0 Å². The van der Waals surface area contributed by atoms with Crippen LogP contribution in [-0.2, 0) is 16.8 Å². The molecule has 0 bridgehead atoms. The van der Waals surface area contributed by atoms with Crippen molar-refractivity contribution in [2.24, 2.45) is 5.92 Å². The van der Waals surface area contributed by atoms with Crippen LogP contribution in [0.1, 0.15) is 59.9 Å². The molecule has 9 nitrogen and oxygen atoms in total. The fourth-order valence-electron chi connectivity index (χ4n) is 4.55. The number of carbonyl (C=O) groups excluding carboxylic acids is 2. The molecule has 4 heterocycles. The Labute approximate surface area is 176 Å². The second-order valence-electron chi connectivity index (χ2n) is 8.84. The molecule has 0 aromatic carbocycles. The highest BCUT2D eigenvalue weighted by molar-refractivity contribution is 5.96. The van der Waals surface area contributed by atoms with Gasteiger partial charge in [0.1, 0.15) is 11.3 Å². The van der Waals surface area contributed by atoms with E-state index in [1.165, 1.54) is 0 Å². The predicted molar refractivity (Wildman–Crippen MR) is 110 cm³/mol. The van der Waals surface area contributed by atoms with Crippen LogP contribution in [0, 0.1) is 19.8 Å². The van der Waals surface area contributed by atoms with Gasteiger partial charge in [-0.2, -0.15) is 0 Å². The molecule has 9 heteroatoms. The highest BCUT2D eigenvalue weighted by Gasteiger charge is 2.46. The van der Waals surface area contributed by atoms with Crippen LogP contribution in [0.15, 0.2) is 10.9 Å². The molecule has 4 rings (SSSR count). The van der Waals surface area contributed by atoms with E-state index in [4.69, 9.17) is 4.52 Å². The molecule has 1 spiro atoms. The van der Waals surface area contributed by atoms with Gasteiger partial charge in [-0.25, -0.2) is 4.98 Å². The summed E-state index contributed by atoms with van der Waals surface area (Å²) in [4.78, 5) is 35.4. The molecule has 2 aromatic rings. The molecule has 2 aliphatic heterocycles. The third kappa shape index (κ3) is 3.62. The van der Waals surface area contributed by atoms with Gasteiger partial charge in [0.2, 0.25) is 5.91 Å². The SMILES string of the molecule is Cc1noc(C)c1C(=O)N1CCC2(CC1)N[C@H](C(=O)NCC(C)C)Cc1[nH]cnc12. The lowest BCUT2D eigenvalue weighted by Crippen LogP contribution is -2.62. The summed E-state index contributed by atoms with van der Waals surface area (Å²) in [5.74, 6) is 0.904. The third-order valence-corrected chi connectivity index (χ3v) is 6.18. The number of aromatic amines is 1. The van der Waals surface area contributed by atoms with E-state index in [-0.39, 0.29) is 17.9 Å². The first-order chi connectivity index (χ1) is 14.3. The number of fused-ring (bicyclic) bond motifs is 2. The van der Waals surface area contributed by atoms with Crippen LogP contribution in [0.2, 0.25) is 0 Å². The zero-order chi connectivity index (χ0) is 21.5. The van der Waals surface area contributed by atoms with Crippen molar-refractivity contribution >= 4 is 11.8 Å². The number of aryl methyl sites for hydroxylation is 2. The van der Waals surface area contributed by atoms with Gasteiger partial charge in [-0.15, -0.1) is 0 Å². The maximum absolute atomic E-state index is 13.0. The average Bonchev–Trinajstić information content (AvgIpc) is 3.33. The maximum atomic E-state index is 13.0. The molecular weight excluding hydrogens is 384 g/mol. The van der Waals surface area contributed by atoms with E-state index in [0.29, 0.717) is 61.8 Å². The minimum absolute atomic E-state index is 0.0116. The highest BCUT2D eigenvalue weighted by Crippen LogP contribution is 2.38. The molecule has 1 saturated heterocycles. The average molecular weight is 415 g/mol. The van der Waals surface area contributed by atoms with Gasteiger partial charge in [0.05, 0.1) is 29.3 Å². The summed E-state index contributed by atoms with van der Waals surface area (Å²) in [6.45, 7) is 9.50. The Balaban J connectivity index is 1.50. The van der Waals surface area contributed by atoms with Gasteiger partial charge >= 0.3 is 0 Å². The van der Waals surface area contributed by atoms with Gasteiger partial charge in [-0.05, 0) is 32.6 Å². The van der Waals surface area contributed by atoms with Crippen molar-refractivity contribution in [1.29, 1.82) is 0 Å². The minimum Gasteiger partial charge on any atom is -0.361 e. The zero-order valence-corrected chi connectivity index (χ0v) is 18.0. The van der Waals surface area contributed by atoms with Gasteiger partial charge in [-0.1, -0.05) is 19.0 Å². The van der Waals surface area contributed by atoms with Crippen molar-refractivity contribution in [2.75, 3.05) is 19.6 Å². The largest absolute Gasteiger partial charge is 0.361 e. The van der Waals surface area contributed by atoms with Gasteiger partial charge in [0.25, 0.3) is 5.91 Å². The number of piperidine rings is 1. The van der Waals surface area contributed by atoms with E-state index in [9.17, 15) is 9.59 Å². The second kappa shape index (κ2) is 7.86. The zero-order valence-electron chi connectivity index (χ0n) is 18.0. The molecule has 2 aliphatic rings. The monoisotopic (exact) mass is 414 g/mol. The number of hydrogen-bond donors (Lipinski definition) is 3. The quantitative estimate of drug-likeness (QED) is 0.697. The first-order valence-electron chi connectivity index (χ1n) is 10.6. The standard InChI is InChI=1S/C21H30N6O3/c1-12(2)10-22-19(28)16-9-15-18(24-11-23-15)21(25-16)5-7-27(8-6-21)20(29)17-13(3)26-30-14(17)4/h11-12,16,25H,5-10H2,1-4H3,(H,22,28)(H,23,24)/t16-/m0/s1. The molecule has 162 valence electrons. The van der Waals surface area contributed by atoms with Crippen LogP contribution >= 0.6 is 0 Å². The summed E-state index contributed by atoms with van der Waals surface area (Å²) in [7, 11) is 0. The predicted octanol–water partition coefficient (Wildman–Crippen LogP) is 1.43. The van der Waals surface area contributed by atoms with Crippen molar-refractivity contribution in [3.63, 3.8) is 0 Å². The molecule has 0 unspecified atom stereocenters. The van der Waals surface area contributed by atoms with Crippen LogP contribution in [-0.4, -0.2) is 57.5 Å². The molecule has 2 amide bonds. The van der Waals surface area contributed by atoms with Crippen LogP contribution in [0.4, 0.5) is 0 Å². The molecule has 0 saturated carbocycles. The summed E-state index contributed by atoms with van der Waals surface area (Å²) in [6, 6.07) is -0.318.